The Hall–Kier alpha value is -1.80. The van der Waals surface area contributed by atoms with Gasteiger partial charge in [-0.3, -0.25) is 9.36 Å². The monoisotopic (exact) mass is 404 g/mol. The van der Waals surface area contributed by atoms with Crippen molar-refractivity contribution in [2.24, 2.45) is 5.92 Å². The summed E-state index contributed by atoms with van der Waals surface area (Å²) < 4.78 is 13.4. The van der Waals surface area contributed by atoms with Crippen molar-refractivity contribution in [2.45, 2.75) is 57.3 Å². The molecule has 4 rings (SSSR count). The SMILES string of the molecule is Cc1occc1-c1nnc(SCC(=O)N2CCCC(C)C2)n1CC1CCCO1. The summed E-state index contributed by atoms with van der Waals surface area (Å²) in [5.74, 6) is 2.76. The van der Waals surface area contributed by atoms with Crippen LogP contribution >= 0.6 is 11.8 Å². The fourth-order valence-electron chi connectivity index (χ4n) is 4.00. The minimum atomic E-state index is 0.167. The number of carbonyl (C=O) groups excluding carboxylic acids is 1. The molecule has 1 amide bonds. The molecule has 0 saturated carbocycles. The van der Waals surface area contributed by atoms with E-state index >= 15 is 0 Å². The number of rotatable bonds is 6. The number of ether oxygens (including phenoxy) is 1. The highest BCUT2D eigenvalue weighted by Crippen LogP contribution is 2.29. The average Bonchev–Trinajstić information content (AvgIpc) is 3.42. The number of hydrogen-bond donors (Lipinski definition) is 0. The van der Waals surface area contributed by atoms with E-state index in [2.05, 4.69) is 21.7 Å². The van der Waals surface area contributed by atoms with Crippen LogP contribution in [0.25, 0.3) is 11.4 Å². The lowest BCUT2D eigenvalue weighted by molar-refractivity contribution is -0.130. The summed E-state index contributed by atoms with van der Waals surface area (Å²) in [7, 11) is 0. The highest BCUT2D eigenvalue weighted by molar-refractivity contribution is 7.99. The molecule has 2 aromatic rings. The summed E-state index contributed by atoms with van der Waals surface area (Å²) in [5, 5.41) is 9.58. The third-order valence-electron chi connectivity index (χ3n) is 5.56. The Kier molecular flexibility index (Phi) is 6.06. The Morgan fingerprint density at radius 1 is 1.32 bits per heavy atom. The van der Waals surface area contributed by atoms with Gasteiger partial charge >= 0.3 is 0 Å². The van der Waals surface area contributed by atoms with Crippen LogP contribution in [0.5, 0.6) is 0 Å². The fourth-order valence-corrected chi connectivity index (χ4v) is 4.85. The Labute approximate surface area is 169 Å². The molecule has 0 bridgehead atoms. The molecule has 0 aliphatic carbocycles. The maximum absolute atomic E-state index is 12.7. The predicted molar refractivity (Wildman–Crippen MR) is 107 cm³/mol. The molecule has 2 fully saturated rings. The van der Waals surface area contributed by atoms with Gasteiger partial charge in [0.05, 0.1) is 30.2 Å². The smallest absolute Gasteiger partial charge is 0.233 e. The number of thioether (sulfide) groups is 1. The van der Waals surface area contributed by atoms with Gasteiger partial charge in [0.25, 0.3) is 0 Å². The van der Waals surface area contributed by atoms with Gasteiger partial charge in [-0.15, -0.1) is 10.2 Å². The fraction of sp³-hybridized carbons (Fsp3) is 0.650. The van der Waals surface area contributed by atoms with Crippen LogP contribution in [-0.2, 0) is 16.1 Å². The van der Waals surface area contributed by atoms with E-state index < -0.39 is 0 Å². The Morgan fingerprint density at radius 2 is 2.21 bits per heavy atom. The highest BCUT2D eigenvalue weighted by atomic mass is 32.2. The molecule has 2 atom stereocenters. The van der Waals surface area contributed by atoms with Crippen molar-refractivity contribution in [3.63, 3.8) is 0 Å². The lowest BCUT2D eigenvalue weighted by atomic mass is 10.0. The third-order valence-corrected chi connectivity index (χ3v) is 6.51. The Balaban J connectivity index is 1.50. The van der Waals surface area contributed by atoms with E-state index in [1.807, 2.05) is 17.9 Å². The quantitative estimate of drug-likeness (QED) is 0.687. The first-order chi connectivity index (χ1) is 13.6. The van der Waals surface area contributed by atoms with E-state index in [0.29, 0.717) is 18.2 Å². The summed E-state index contributed by atoms with van der Waals surface area (Å²) in [6, 6.07) is 1.92. The van der Waals surface area contributed by atoms with Gasteiger partial charge in [-0.05, 0) is 44.6 Å². The van der Waals surface area contributed by atoms with Crippen molar-refractivity contribution >= 4 is 17.7 Å². The summed E-state index contributed by atoms with van der Waals surface area (Å²) in [6.07, 6.45) is 6.26. The van der Waals surface area contributed by atoms with E-state index in [4.69, 9.17) is 9.15 Å². The molecule has 152 valence electrons. The number of piperidine rings is 1. The first-order valence-electron chi connectivity index (χ1n) is 10.1. The molecule has 8 heteroatoms. The molecule has 2 unspecified atom stereocenters. The van der Waals surface area contributed by atoms with E-state index in [9.17, 15) is 4.79 Å². The van der Waals surface area contributed by atoms with Crippen LogP contribution in [-0.4, -0.2) is 57.1 Å². The van der Waals surface area contributed by atoms with Gasteiger partial charge in [0, 0.05) is 19.7 Å². The maximum atomic E-state index is 12.7. The number of furan rings is 1. The van der Waals surface area contributed by atoms with Crippen LogP contribution in [0.15, 0.2) is 21.9 Å². The van der Waals surface area contributed by atoms with Gasteiger partial charge in [-0.1, -0.05) is 18.7 Å². The molecule has 0 spiro atoms. The number of carbonyl (C=O) groups is 1. The zero-order chi connectivity index (χ0) is 19.5. The van der Waals surface area contributed by atoms with Crippen molar-refractivity contribution in [2.75, 3.05) is 25.4 Å². The number of amides is 1. The van der Waals surface area contributed by atoms with Gasteiger partial charge in [0.2, 0.25) is 5.91 Å². The minimum absolute atomic E-state index is 0.167. The van der Waals surface area contributed by atoms with Crippen molar-refractivity contribution in [1.82, 2.24) is 19.7 Å². The minimum Gasteiger partial charge on any atom is -0.469 e. The summed E-state index contributed by atoms with van der Waals surface area (Å²) in [4.78, 5) is 14.7. The van der Waals surface area contributed by atoms with Crippen LogP contribution in [0.3, 0.4) is 0 Å². The summed E-state index contributed by atoms with van der Waals surface area (Å²) >= 11 is 1.47. The number of aryl methyl sites for hydroxylation is 1. The second kappa shape index (κ2) is 8.69. The van der Waals surface area contributed by atoms with Crippen molar-refractivity contribution in [3.05, 3.63) is 18.1 Å². The second-order valence-electron chi connectivity index (χ2n) is 7.82. The predicted octanol–water partition coefficient (Wildman–Crippen LogP) is 3.38. The van der Waals surface area contributed by atoms with Crippen LogP contribution in [0.2, 0.25) is 0 Å². The van der Waals surface area contributed by atoms with Crippen molar-refractivity contribution < 1.29 is 13.9 Å². The molecule has 2 aliphatic heterocycles. The number of aromatic nitrogens is 3. The van der Waals surface area contributed by atoms with Gasteiger partial charge in [-0.25, -0.2) is 0 Å². The standard InChI is InChI=1S/C20H28N4O3S/c1-14-5-3-8-23(11-14)18(25)13-28-20-22-21-19(17-7-10-26-15(17)2)24(20)12-16-6-4-9-27-16/h7,10,14,16H,3-6,8-9,11-13H2,1-2H3. The first-order valence-corrected chi connectivity index (χ1v) is 11.1. The zero-order valence-corrected chi connectivity index (χ0v) is 17.4. The van der Waals surface area contributed by atoms with Crippen molar-refractivity contribution in [1.29, 1.82) is 0 Å². The average molecular weight is 405 g/mol. The molecule has 28 heavy (non-hydrogen) atoms. The molecule has 4 heterocycles. The van der Waals surface area contributed by atoms with Crippen LogP contribution in [0, 0.1) is 12.8 Å². The normalized spacial score (nSPS) is 22.7. The number of nitrogens with zero attached hydrogens (tertiary/aromatic N) is 4. The molecular weight excluding hydrogens is 376 g/mol. The molecule has 2 aliphatic rings. The molecule has 0 N–H and O–H groups in total. The highest BCUT2D eigenvalue weighted by Gasteiger charge is 2.25. The summed E-state index contributed by atoms with van der Waals surface area (Å²) in [5.41, 5.74) is 0.938. The topological polar surface area (TPSA) is 73.4 Å². The number of hydrogen-bond acceptors (Lipinski definition) is 6. The second-order valence-corrected chi connectivity index (χ2v) is 8.76. The molecule has 0 radical (unpaired) electrons. The van der Waals surface area contributed by atoms with Gasteiger partial charge in [0.15, 0.2) is 11.0 Å². The largest absolute Gasteiger partial charge is 0.469 e. The molecule has 2 saturated heterocycles. The van der Waals surface area contributed by atoms with Gasteiger partial charge < -0.3 is 14.1 Å². The van der Waals surface area contributed by atoms with Crippen LogP contribution < -0.4 is 0 Å². The lowest BCUT2D eigenvalue weighted by Gasteiger charge is -2.30. The molecule has 7 nitrogen and oxygen atoms in total. The zero-order valence-electron chi connectivity index (χ0n) is 16.6. The Bertz CT molecular complexity index is 812. The van der Waals surface area contributed by atoms with Gasteiger partial charge in [-0.2, -0.15) is 0 Å². The van der Waals surface area contributed by atoms with E-state index in [-0.39, 0.29) is 12.0 Å². The number of likely N-dealkylation sites (tertiary alicyclic amines) is 1. The van der Waals surface area contributed by atoms with Crippen molar-refractivity contribution in [3.8, 4) is 11.4 Å². The molecule has 0 aromatic carbocycles. The van der Waals surface area contributed by atoms with Crippen LogP contribution in [0.1, 0.15) is 38.4 Å². The van der Waals surface area contributed by atoms with Crippen LogP contribution in [0.4, 0.5) is 0 Å². The maximum Gasteiger partial charge on any atom is 0.233 e. The van der Waals surface area contributed by atoms with E-state index in [1.165, 1.54) is 18.2 Å². The first kappa shape index (κ1) is 19.5. The third kappa shape index (κ3) is 4.27. The molecular formula is C20H28N4O3S. The summed E-state index contributed by atoms with van der Waals surface area (Å²) in [6.45, 7) is 7.37. The lowest BCUT2D eigenvalue weighted by Crippen LogP contribution is -2.40. The Morgan fingerprint density at radius 3 is 2.93 bits per heavy atom. The van der Waals surface area contributed by atoms with E-state index in [0.717, 1.165) is 61.3 Å². The van der Waals surface area contributed by atoms with Gasteiger partial charge in [0.1, 0.15) is 5.76 Å². The molecule has 2 aromatic heterocycles. The van der Waals surface area contributed by atoms with E-state index in [1.54, 1.807) is 6.26 Å².